The van der Waals surface area contributed by atoms with Crippen molar-refractivity contribution in [2.75, 3.05) is 17.4 Å². The highest BCUT2D eigenvalue weighted by atomic mass is 32.2. The summed E-state index contributed by atoms with van der Waals surface area (Å²) in [5.41, 5.74) is 1.68. The van der Waals surface area contributed by atoms with Crippen molar-refractivity contribution >= 4 is 27.5 Å². The molecule has 0 saturated carbocycles. The number of sulfonamides is 1. The fourth-order valence-corrected chi connectivity index (χ4v) is 5.74. The number of anilines is 1. The molecular formula is C31H38FN3O4S. The molecule has 0 spiro atoms. The normalized spacial score (nSPS) is 12.4. The third-order valence-electron chi connectivity index (χ3n) is 6.37. The van der Waals surface area contributed by atoms with Crippen LogP contribution in [-0.2, 0) is 26.0 Å². The Balaban J connectivity index is 2.01. The Kier molecular flexibility index (Phi) is 10.1. The van der Waals surface area contributed by atoms with E-state index in [1.165, 1.54) is 17.0 Å². The van der Waals surface area contributed by atoms with Crippen molar-refractivity contribution in [3.05, 3.63) is 95.8 Å². The summed E-state index contributed by atoms with van der Waals surface area (Å²) >= 11 is 0. The summed E-state index contributed by atoms with van der Waals surface area (Å²) in [7, 11) is -4.24. The molecule has 40 heavy (non-hydrogen) atoms. The molecular weight excluding hydrogens is 529 g/mol. The molecule has 2 amide bonds. The van der Waals surface area contributed by atoms with E-state index in [0.29, 0.717) is 18.5 Å². The Labute approximate surface area is 237 Å². The molecule has 0 saturated heterocycles. The smallest absolute Gasteiger partial charge is 0.264 e. The average molecular weight is 568 g/mol. The topological polar surface area (TPSA) is 86.8 Å². The Bertz CT molecular complexity index is 1390. The summed E-state index contributed by atoms with van der Waals surface area (Å²) in [6.07, 6.45) is 0.832. The Morgan fingerprint density at radius 3 is 2.08 bits per heavy atom. The SMILES string of the molecule is CCC(C(=O)NC(C)(C)C)N(CCc1ccccc1)C(=O)CN(c1ccc(C)cc1)S(=O)(=O)c1ccc(F)cc1. The highest BCUT2D eigenvalue weighted by Gasteiger charge is 2.34. The van der Waals surface area contributed by atoms with Crippen LogP contribution in [0.1, 0.15) is 45.2 Å². The molecule has 0 aromatic heterocycles. The average Bonchev–Trinajstić information content (AvgIpc) is 2.90. The second-order valence-electron chi connectivity index (χ2n) is 10.8. The third-order valence-corrected chi connectivity index (χ3v) is 8.16. The van der Waals surface area contributed by atoms with Gasteiger partial charge < -0.3 is 10.2 Å². The first-order valence-corrected chi connectivity index (χ1v) is 14.8. The van der Waals surface area contributed by atoms with E-state index in [4.69, 9.17) is 0 Å². The van der Waals surface area contributed by atoms with Gasteiger partial charge in [0.1, 0.15) is 18.4 Å². The van der Waals surface area contributed by atoms with E-state index in [-0.39, 0.29) is 17.3 Å². The van der Waals surface area contributed by atoms with Crippen molar-refractivity contribution in [3.8, 4) is 0 Å². The number of benzene rings is 3. The first kappa shape index (κ1) is 30.8. The van der Waals surface area contributed by atoms with Crippen LogP contribution in [0, 0.1) is 12.7 Å². The molecule has 0 aliphatic carbocycles. The van der Waals surface area contributed by atoms with Gasteiger partial charge in [-0.05, 0) is 82.5 Å². The number of aryl methyl sites for hydroxylation is 1. The molecule has 3 aromatic rings. The molecule has 0 aliphatic rings. The van der Waals surface area contributed by atoms with Gasteiger partial charge in [0, 0.05) is 12.1 Å². The molecule has 0 aliphatic heterocycles. The van der Waals surface area contributed by atoms with Crippen LogP contribution >= 0.6 is 0 Å². The lowest BCUT2D eigenvalue weighted by Crippen LogP contribution is -2.56. The fraction of sp³-hybridized carbons (Fsp3) is 0.355. The van der Waals surface area contributed by atoms with Gasteiger partial charge in [-0.25, -0.2) is 12.8 Å². The van der Waals surface area contributed by atoms with Crippen LogP contribution in [0.5, 0.6) is 0 Å². The molecule has 9 heteroatoms. The quantitative estimate of drug-likeness (QED) is 0.350. The zero-order valence-electron chi connectivity index (χ0n) is 23.7. The molecule has 1 unspecified atom stereocenters. The van der Waals surface area contributed by atoms with E-state index < -0.39 is 39.9 Å². The molecule has 7 nitrogen and oxygen atoms in total. The van der Waals surface area contributed by atoms with E-state index >= 15 is 0 Å². The third kappa shape index (κ3) is 8.14. The maximum absolute atomic E-state index is 14.0. The molecule has 3 aromatic carbocycles. The lowest BCUT2D eigenvalue weighted by molar-refractivity contribution is -0.140. The maximum Gasteiger partial charge on any atom is 0.264 e. The molecule has 0 radical (unpaired) electrons. The minimum atomic E-state index is -4.24. The van der Waals surface area contributed by atoms with Crippen LogP contribution < -0.4 is 9.62 Å². The summed E-state index contributed by atoms with van der Waals surface area (Å²) in [6.45, 7) is 8.97. The molecule has 3 rings (SSSR count). The number of carbonyl (C=O) groups excluding carboxylic acids is 2. The monoisotopic (exact) mass is 567 g/mol. The van der Waals surface area contributed by atoms with E-state index in [9.17, 15) is 22.4 Å². The van der Waals surface area contributed by atoms with E-state index in [2.05, 4.69) is 5.32 Å². The number of halogens is 1. The number of amides is 2. The van der Waals surface area contributed by atoms with Gasteiger partial charge in [-0.2, -0.15) is 0 Å². The molecule has 1 N–H and O–H groups in total. The van der Waals surface area contributed by atoms with Crippen LogP contribution in [0.2, 0.25) is 0 Å². The van der Waals surface area contributed by atoms with E-state index in [0.717, 1.165) is 27.6 Å². The van der Waals surface area contributed by atoms with Gasteiger partial charge in [0.2, 0.25) is 11.8 Å². The van der Waals surface area contributed by atoms with E-state index in [1.54, 1.807) is 24.3 Å². The predicted molar refractivity (Wildman–Crippen MR) is 156 cm³/mol. The molecule has 0 fully saturated rings. The van der Waals surface area contributed by atoms with Crippen molar-refractivity contribution in [2.45, 2.75) is 63.9 Å². The molecule has 0 heterocycles. The first-order chi connectivity index (χ1) is 18.8. The lowest BCUT2D eigenvalue weighted by Gasteiger charge is -2.34. The highest BCUT2D eigenvalue weighted by molar-refractivity contribution is 7.92. The van der Waals surface area contributed by atoms with Crippen molar-refractivity contribution in [2.24, 2.45) is 0 Å². The lowest BCUT2D eigenvalue weighted by atomic mass is 10.1. The summed E-state index contributed by atoms with van der Waals surface area (Å²) in [5.74, 6) is -1.39. The second-order valence-corrected chi connectivity index (χ2v) is 12.6. The van der Waals surface area contributed by atoms with Crippen molar-refractivity contribution in [1.29, 1.82) is 0 Å². The fourth-order valence-electron chi connectivity index (χ4n) is 4.32. The van der Waals surface area contributed by atoms with Crippen molar-refractivity contribution in [3.63, 3.8) is 0 Å². The molecule has 0 bridgehead atoms. The molecule has 214 valence electrons. The van der Waals surface area contributed by atoms with Crippen LogP contribution in [0.15, 0.2) is 83.8 Å². The van der Waals surface area contributed by atoms with Gasteiger partial charge >= 0.3 is 0 Å². The van der Waals surface area contributed by atoms with Gasteiger partial charge in [0.15, 0.2) is 0 Å². The number of nitrogens with one attached hydrogen (secondary N) is 1. The summed E-state index contributed by atoms with van der Waals surface area (Å²) in [4.78, 5) is 28.6. The van der Waals surface area contributed by atoms with E-state index in [1.807, 2.05) is 65.0 Å². The number of hydrogen-bond donors (Lipinski definition) is 1. The number of hydrogen-bond acceptors (Lipinski definition) is 4. The van der Waals surface area contributed by atoms with Crippen LogP contribution in [0.3, 0.4) is 0 Å². The summed E-state index contributed by atoms with van der Waals surface area (Å²) in [6, 6.07) is 20.0. The predicted octanol–water partition coefficient (Wildman–Crippen LogP) is 5.09. The summed E-state index contributed by atoms with van der Waals surface area (Å²) in [5, 5.41) is 2.96. The minimum Gasteiger partial charge on any atom is -0.350 e. The minimum absolute atomic E-state index is 0.143. The Hall–Kier alpha value is -3.72. The van der Waals surface area contributed by atoms with Gasteiger partial charge in [0.25, 0.3) is 10.0 Å². The van der Waals surface area contributed by atoms with Gasteiger partial charge in [-0.1, -0.05) is 55.0 Å². The highest BCUT2D eigenvalue weighted by Crippen LogP contribution is 2.25. The number of rotatable bonds is 11. The van der Waals surface area contributed by atoms with Crippen LogP contribution in [0.4, 0.5) is 10.1 Å². The zero-order chi connectivity index (χ0) is 29.5. The zero-order valence-corrected chi connectivity index (χ0v) is 24.5. The second kappa shape index (κ2) is 13.1. The number of nitrogens with zero attached hydrogens (tertiary/aromatic N) is 2. The Morgan fingerprint density at radius 2 is 1.52 bits per heavy atom. The maximum atomic E-state index is 14.0. The van der Waals surface area contributed by atoms with Crippen molar-refractivity contribution < 1.29 is 22.4 Å². The Morgan fingerprint density at radius 1 is 0.925 bits per heavy atom. The van der Waals surface area contributed by atoms with Gasteiger partial charge in [-0.3, -0.25) is 13.9 Å². The molecule has 1 atom stereocenters. The largest absolute Gasteiger partial charge is 0.350 e. The number of carbonyl (C=O) groups is 2. The van der Waals surface area contributed by atoms with Crippen LogP contribution in [0.25, 0.3) is 0 Å². The van der Waals surface area contributed by atoms with Crippen molar-refractivity contribution in [1.82, 2.24) is 10.2 Å². The first-order valence-electron chi connectivity index (χ1n) is 13.3. The van der Waals surface area contributed by atoms with Gasteiger partial charge in [-0.15, -0.1) is 0 Å². The standard InChI is InChI=1S/C31H38FN3O4S/c1-6-28(30(37)33-31(3,4)5)34(21-20-24-10-8-7-9-11-24)29(36)22-35(26-16-12-23(2)13-17-26)40(38,39)27-18-14-25(32)15-19-27/h7-19,28H,6,20-22H2,1-5H3,(H,33,37). The van der Waals surface area contributed by atoms with Crippen LogP contribution in [-0.4, -0.2) is 49.8 Å². The summed E-state index contributed by atoms with van der Waals surface area (Å²) < 4.78 is 42.2. The van der Waals surface area contributed by atoms with Gasteiger partial charge in [0.05, 0.1) is 10.6 Å².